The van der Waals surface area contributed by atoms with E-state index in [-0.39, 0.29) is 24.1 Å². The maximum atomic E-state index is 9.37. The Morgan fingerprint density at radius 2 is 1.97 bits per heavy atom. The van der Waals surface area contributed by atoms with Gasteiger partial charge in [0.2, 0.25) is 0 Å². The van der Waals surface area contributed by atoms with Gasteiger partial charge in [0.1, 0.15) is 24.0 Å². The summed E-state index contributed by atoms with van der Waals surface area (Å²) in [7, 11) is 0. The summed E-state index contributed by atoms with van der Waals surface area (Å²) >= 11 is 6.28. The van der Waals surface area contributed by atoms with Crippen LogP contribution < -0.4 is 10.5 Å². The Balaban J connectivity index is 1.41. The average molecular weight is 464 g/mol. The van der Waals surface area contributed by atoms with Crippen molar-refractivity contribution in [3.05, 3.63) is 52.5 Å². The number of halogens is 1. The van der Waals surface area contributed by atoms with Gasteiger partial charge in [0, 0.05) is 16.5 Å². The maximum Gasteiger partial charge on any atom is 0.283 e. The predicted molar refractivity (Wildman–Crippen MR) is 125 cm³/mol. The van der Waals surface area contributed by atoms with Crippen molar-refractivity contribution in [1.29, 1.82) is 5.26 Å². The predicted octanol–water partition coefficient (Wildman–Crippen LogP) is 4.92. The van der Waals surface area contributed by atoms with Crippen LogP contribution in [0.1, 0.15) is 49.7 Å². The van der Waals surface area contributed by atoms with Crippen LogP contribution in [0.4, 0.5) is 0 Å². The van der Waals surface area contributed by atoms with Gasteiger partial charge in [0.05, 0.1) is 23.8 Å². The minimum Gasteiger partial charge on any atom is -0.490 e. The fourth-order valence-corrected chi connectivity index (χ4v) is 5.99. The molecule has 0 unspecified atom stereocenters. The third-order valence-corrected chi connectivity index (χ3v) is 7.84. The van der Waals surface area contributed by atoms with E-state index in [1.54, 1.807) is 6.07 Å². The molecule has 4 aliphatic rings. The summed E-state index contributed by atoms with van der Waals surface area (Å²) in [6.45, 7) is 0.398. The molecule has 33 heavy (non-hydrogen) atoms. The third-order valence-electron chi connectivity index (χ3n) is 7.62. The van der Waals surface area contributed by atoms with Gasteiger partial charge in [-0.25, -0.2) is 4.99 Å². The Morgan fingerprint density at radius 1 is 1.09 bits per heavy atom. The highest BCUT2D eigenvalue weighted by Gasteiger charge is 2.56. The molecule has 2 aromatic rings. The molecule has 6 nitrogen and oxygen atoms in total. The van der Waals surface area contributed by atoms with E-state index in [9.17, 15) is 5.26 Å². The number of ether oxygens (including phenoxy) is 3. The van der Waals surface area contributed by atoms with Crippen LogP contribution in [0.25, 0.3) is 11.1 Å². The Hall–Kier alpha value is -2.75. The molecule has 1 spiro atoms. The highest BCUT2D eigenvalue weighted by atomic mass is 35.5. The van der Waals surface area contributed by atoms with E-state index in [0.717, 1.165) is 54.5 Å². The van der Waals surface area contributed by atoms with E-state index < -0.39 is 5.54 Å². The number of nitriles is 1. The highest BCUT2D eigenvalue weighted by molar-refractivity contribution is 6.31. The topological polar surface area (TPSA) is 89.9 Å². The summed E-state index contributed by atoms with van der Waals surface area (Å²) < 4.78 is 18.7. The van der Waals surface area contributed by atoms with Crippen molar-refractivity contribution in [2.24, 2.45) is 16.6 Å². The standard InChI is InChI=1S/C26H26ClN3O3/c27-18-9-15(13-28)8-17(10-18)16-4-6-23-21(11-16)26(14-31-25(29)30-26)22-12-20(5-7-24(22)33-23)32-19-2-1-3-19/h4,6,8-11,19-20,22,24H,1-3,5,7,12,14H2,(H2,29,30)/t20-,22-,24-,26-/m0/s1. The van der Waals surface area contributed by atoms with E-state index in [2.05, 4.69) is 12.1 Å². The molecule has 2 aliphatic heterocycles. The zero-order chi connectivity index (χ0) is 22.6. The first-order chi connectivity index (χ1) is 16.0. The minimum absolute atomic E-state index is 0.0548. The second kappa shape index (κ2) is 7.93. The second-order valence-corrected chi connectivity index (χ2v) is 10.0. The van der Waals surface area contributed by atoms with Crippen molar-refractivity contribution in [1.82, 2.24) is 0 Å². The van der Waals surface area contributed by atoms with E-state index in [1.807, 2.05) is 24.3 Å². The first-order valence-electron chi connectivity index (χ1n) is 11.7. The lowest BCUT2D eigenvalue weighted by atomic mass is 9.67. The molecule has 0 amide bonds. The molecule has 2 N–H and O–H groups in total. The van der Waals surface area contributed by atoms with Gasteiger partial charge in [-0.2, -0.15) is 5.26 Å². The van der Waals surface area contributed by atoms with Crippen molar-refractivity contribution in [2.75, 3.05) is 6.61 Å². The molecule has 0 aromatic heterocycles. The lowest BCUT2D eigenvalue weighted by Gasteiger charge is -2.48. The normalized spacial score (nSPS) is 30.3. The molecule has 2 saturated carbocycles. The van der Waals surface area contributed by atoms with E-state index in [1.165, 1.54) is 6.42 Å². The van der Waals surface area contributed by atoms with E-state index >= 15 is 0 Å². The summed E-state index contributed by atoms with van der Waals surface area (Å²) in [6, 6.07) is 13.9. The number of rotatable bonds is 3. The van der Waals surface area contributed by atoms with E-state index in [4.69, 9.17) is 36.5 Å². The number of hydrogen-bond acceptors (Lipinski definition) is 6. The fourth-order valence-electron chi connectivity index (χ4n) is 5.76. The van der Waals surface area contributed by atoms with Gasteiger partial charge >= 0.3 is 0 Å². The Kier molecular flexibility index (Phi) is 5.01. The first kappa shape index (κ1) is 20.8. The molecule has 0 saturated heterocycles. The van der Waals surface area contributed by atoms with Crippen molar-refractivity contribution in [3.63, 3.8) is 0 Å². The number of benzene rings is 2. The van der Waals surface area contributed by atoms with Gasteiger partial charge in [0.25, 0.3) is 6.02 Å². The summed E-state index contributed by atoms with van der Waals surface area (Å²) in [4.78, 5) is 4.90. The van der Waals surface area contributed by atoms with Crippen LogP contribution in [0.2, 0.25) is 5.02 Å². The van der Waals surface area contributed by atoms with Crippen LogP contribution in [-0.2, 0) is 15.0 Å². The van der Waals surface area contributed by atoms with Crippen molar-refractivity contribution >= 4 is 17.6 Å². The lowest BCUT2D eigenvalue weighted by molar-refractivity contribution is -0.106. The van der Waals surface area contributed by atoms with Gasteiger partial charge in [-0.1, -0.05) is 17.7 Å². The van der Waals surface area contributed by atoms with Crippen LogP contribution in [0, 0.1) is 17.2 Å². The highest BCUT2D eigenvalue weighted by Crippen LogP contribution is 2.53. The number of nitrogens with two attached hydrogens (primary N) is 1. The smallest absolute Gasteiger partial charge is 0.283 e. The molecule has 0 bridgehead atoms. The van der Waals surface area contributed by atoms with Crippen molar-refractivity contribution in [3.8, 4) is 22.9 Å². The van der Waals surface area contributed by atoms with Gasteiger partial charge in [-0.15, -0.1) is 0 Å². The molecular weight excluding hydrogens is 438 g/mol. The monoisotopic (exact) mass is 463 g/mol. The Bertz CT molecular complexity index is 1170. The number of amidine groups is 1. The third kappa shape index (κ3) is 3.55. The number of nitrogens with zero attached hydrogens (tertiary/aromatic N) is 2. The Morgan fingerprint density at radius 3 is 2.70 bits per heavy atom. The molecule has 0 radical (unpaired) electrons. The molecular formula is C26H26ClN3O3. The molecule has 2 aromatic carbocycles. The summed E-state index contributed by atoms with van der Waals surface area (Å²) in [6.07, 6.45) is 7.06. The largest absolute Gasteiger partial charge is 0.490 e. The van der Waals surface area contributed by atoms with Gasteiger partial charge in [-0.3, -0.25) is 0 Å². The van der Waals surface area contributed by atoms with E-state index in [0.29, 0.717) is 23.3 Å². The molecule has 7 heteroatoms. The molecule has 2 fully saturated rings. The SMILES string of the molecule is N#Cc1cc(Cl)cc(-c2ccc3c(c2)[C@@]2(COC(N)=N2)[C@H]2C[C@@H](OC4CCC4)CC[C@@H]2O3)c1. The van der Waals surface area contributed by atoms with Gasteiger partial charge in [-0.05, 0) is 80.0 Å². The number of aliphatic imine (C=N–C) groups is 1. The zero-order valence-electron chi connectivity index (χ0n) is 18.3. The number of fused-ring (bicyclic) bond motifs is 4. The molecule has 2 aliphatic carbocycles. The molecule has 4 atom stereocenters. The lowest BCUT2D eigenvalue weighted by Crippen LogP contribution is -2.52. The minimum atomic E-state index is -0.601. The maximum absolute atomic E-state index is 9.37. The van der Waals surface area contributed by atoms with Crippen molar-refractivity contribution in [2.45, 2.75) is 62.4 Å². The molecule has 170 valence electrons. The van der Waals surface area contributed by atoms with Crippen LogP contribution in [0.3, 0.4) is 0 Å². The summed E-state index contributed by atoms with van der Waals surface area (Å²) in [5.41, 5.74) is 8.81. The van der Waals surface area contributed by atoms with Crippen molar-refractivity contribution < 1.29 is 14.2 Å². The van der Waals surface area contributed by atoms with Crippen LogP contribution in [0.5, 0.6) is 5.75 Å². The second-order valence-electron chi connectivity index (χ2n) is 9.60. The quantitative estimate of drug-likeness (QED) is 0.697. The van der Waals surface area contributed by atoms with Crippen LogP contribution in [-0.4, -0.2) is 30.9 Å². The number of hydrogen-bond donors (Lipinski definition) is 1. The molecule has 6 rings (SSSR count). The Labute approximate surface area is 198 Å². The molecule has 2 heterocycles. The zero-order valence-corrected chi connectivity index (χ0v) is 19.1. The van der Waals surface area contributed by atoms with Gasteiger partial charge in [0.15, 0.2) is 0 Å². The van der Waals surface area contributed by atoms with Crippen LogP contribution in [0.15, 0.2) is 41.4 Å². The summed E-state index contributed by atoms with van der Waals surface area (Å²) in [5, 5.41) is 9.90. The summed E-state index contributed by atoms with van der Waals surface area (Å²) in [5.74, 6) is 0.942. The average Bonchev–Trinajstić information content (AvgIpc) is 3.18. The van der Waals surface area contributed by atoms with Gasteiger partial charge < -0.3 is 19.9 Å². The first-order valence-corrected chi connectivity index (χ1v) is 12.1. The fraction of sp³-hybridized carbons (Fsp3) is 0.462. The van der Waals surface area contributed by atoms with Crippen LogP contribution >= 0.6 is 11.6 Å².